The highest BCUT2D eigenvalue weighted by Crippen LogP contribution is 2.38. The molecule has 0 aliphatic carbocycles. The summed E-state index contributed by atoms with van der Waals surface area (Å²) in [7, 11) is 1.32. The normalized spacial score (nSPS) is 14.4. The number of ether oxygens (including phenoxy) is 2. The van der Waals surface area contributed by atoms with Crippen LogP contribution < -0.4 is 4.89 Å². The molecule has 2 atom stereocenters. The average Bonchev–Trinajstić information content (AvgIpc) is 3.12. The summed E-state index contributed by atoms with van der Waals surface area (Å²) in [6.45, 7) is 5.18. The molecule has 314 valence electrons. The molecule has 8 nitrogen and oxygen atoms in total. The third kappa shape index (κ3) is 41.4. The van der Waals surface area contributed by atoms with Crippen LogP contribution in [0.3, 0.4) is 0 Å². The van der Waals surface area contributed by atoms with Crippen LogP contribution in [-0.4, -0.2) is 70.7 Å². The minimum atomic E-state index is -4.54. The van der Waals surface area contributed by atoms with Crippen LogP contribution >= 0.6 is 7.82 Å². The Bertz CT molecular complexity index is 1050. The van der Waals surface area contributed by atoms with Crippen molar-refractivity contribution in [3.63, 3.8) is 0 Å². The second-order valence-electron chi connectivity index (χ2n) is 15.3. The van der Waals surface area contributed by atoms with Gasteiger partial charge in [0.05, 0.1) is 34.4 Å². The third-order valence-corrected chi connectivity index (χ3v) is 9.80. The molecular formula is C45H82NO7P. The Labute approximate surface area is 332 Å². The molecule has 54 heavy (non-hydrogen) atoms. The quantitative estimate of drug-likeness (QED) is 0.0202. The Hall–Kier alpha value is -1.80. The number of hydrogen-bond donors (Lipinski definition) is 0. The van der Waals surface area contributed by atoms with Gasteiger partial charge in [0.15, 0.2) is 0 Å². The van der Waals surface area contributed by atoms with E-state index in [1.807, 2.05) is 21.1 Å². The maximum atomic E-state index is 12.7. The third-order valence-electron chi connectivity index (χ3n) is 8.83. The number of allylic oxidation sites excluding steroid dienone is 10. The molecule has 0 spiro atoms. The molecule has 0 aromatic heterocycles. The number of hydrogen-bond acceptors (Lipinski definition) is 7. The topological polar surface area (TPSA) is 94.1 Å². The van der Waals surface area contributed by atoms with Gasteiger partial charge in [-0.15, -0.1) is 0 Å². The lowest BCUT2D eigenvalue weighted by molar-refractivity contribution is -0.870. The molecular weight excluding hydrogens is 697 g/mol. The van der Waals surface area contributed by atoms with E-state index in [4.69, 9.17) is 18.5 Å². The van der Waals surface area contributed by atoms with Crippen LogP contribution in [0.25, 0.3) is 0 Å². The number of nitrogens with zero attached hydrogens (tertiary/aromatic N) is 1. The van der Waals surface area contributed by atoms with Crippen LogP contribution in [0.2, 0.25) is 0 Å². The molecule has 0 amide bonds. The first kappa shape index (κ1) is 52.2. The first-order chi connectivity index (χ1) is 26.1. The van der Waals surface area contributed by atoms with Crippen molar-refractivity contribution in [3.8, 4) is 0 Å². The molecule has 0 aromatic carbocycles. The van der Waals surface area contributed by atoms with Crippen molar-refractivity contribution < 1.29 is 37.3 Å². The highest BCUT2D eigenvalue weighted by Gasteiger charge is 2.20. The lowest BCUT2D eigenvalue weighted by atomic mass is 10.0. The molecule has 0 aliphatic heterocycles. The van der Waals surface area contributed by atoms with Crippen molar-refractivity contribution in [2.24, 2.45) is 0 Å². The molecule has 0 aliphatic rings. The summed E-state index contributed by atoms with van der Waals surface area (Å²) in [5, 5.41) is 0. The lowest BCUT2D eigenvalue weighted by Crippen LogP contribution is -2.37. The van der Waals surface area contributed by atoms with Crippen molar-refractivity contribution in [2.45, 2.75) is 168 Å². The Kier molecular flexibility index (Phi) is 36.8. The largest absolute Gasteiger partial charge is 0.756 e. The number of rotatable bonds is 39. The van der Waals surface area contributed by atoms with Gasteiger partial charge in [0.25, 0.3) is 7.82 Å². The standard InChI is InChI=1S/C45H82NO7P/c1-6-8-10-12-14-16-18-20-22-23-24-25-27-29-31-33-35-37-40-50-42-44(43-52-54(48,49)51-41-39-46(3,4)5)53-45(47)38-36-34-32-30-28-26-21-19-17-15-13-11-9-7-2/h8,10,14,16,20,22,24-25,29,31,44H,6-7,9,11-13,15,17-19,21,23,26-28,30,32-43H2,1-5H3/b10-8-,16-14-,22-20-,25-24-,31-29-. The molecule has 0 fully saturated rings. The smallest absolute Gasteiger partial charge is 0.306 e. The molecule has 0 saturated carbocycles. The summed E-state index contributed by atoms with van der Waals surface area (Å²) in [4.78, 5) is 25.0. The Morgan fingerprint density at radius 3 is 1.57 bits per heavy atom. The lowest BCUT2D eigenvalue weighted by Gasteiger charge is -2.28. The van der Waals surface area contributed by atoms with Gasteiger partial charge in [-0.05, 0) is 57.8 Å². The van der Waals surface area contributed by atoms with E-state index in [1.165, 1.54) is 70.6 Å². The van der Waals surface area contributed by atoms with E-state index in [1.54, 1.807) is 0 Å². The number of carbonyl (C=O) groups is 1. The molecule has 0 bridgehead atoms. The van der Waals surface area contributed by atoms with E-state index in [0.29, 0.717) is 24.1 Å². The fourth-order valence-electron chi connectivity index (χ4n) is 5.51. The predicted molar refractivity (Wildman–Crippen MR) is 226 cm³/mol. The van der Waals surface area contributed by atoms with Crippen molar-refractivity contribution in [1.82, 2.24) is 0 Å². The molecule has 2 unspecified atom stereocenters. The number of likely N-dealkylation sites (N-methyl/N-ethyl adjacent to an activating group) is 1. The second-order valence-corrected chi connectivity index (χ2v) is 16.7. The zero-order chi connectivity index (χ0) is 39.9. The number of phosphoric ester groups is 1. The van der Waals surface area contributed by atoms with E-state index >= 15 is 0 Å². The zero-order valence-corrected chi connectivity index (χ0v) is 36.3. The van der Waals surface area contributed by atoms with Gasteiger partial charge in [-0.3, -0.25) is 9.36 Å². The van der Waals surface area contributed by atoms with Gasteiger partial charge in [-0.25, -0.2) is 0 Å². The highest BCUT2D eigenvalue weighted by atomic mass is 31.2. The molecule has 0 saturated heterocycles. The molecule has 0 radical (unpaired) electrons. The summed E-state index contributed by atoms with van der Waals surface area (Å²) in [6.07, 6.45) is 46.6. The maximum absolute atomic E-state index is 12.7. The molecule has 0 rings (SSSR count). The monoisotopic (exact) mass is 780 g/mol. The minimum absolute atomic E-state index is 0.0161. The first-order valence-electron chi connectivity index (χ1n) is 21.5. The van der Waals surface area contributed by atoms with E-state index in [2.05, 4.69) is 74.6 Å². The number of carbonyl (C=O) groups excluding carboxylic acids is 1. The Balaban J connectivity index is 4.33. The van der Waals surface area contributed by atoms with E-state index < -0.39 is 13.9 Å². The van der Waals surface area contributed by atoms with Crippen LogP contribution in [0.1, 0.15) is 162 Å². The van der Waals surface area contributed by atoms with Gasteiger partial charge in [0.2, 0.25) is 0 Å². The SMILES string of the molecule is CC/C=C\C/C=C\C/C=C\C/C=C\C/C=C\CCCCOCC(COP(=O)([O-])OCC[N+](C)(C)C)OC(=O)CCCCCCCCCCCCCCCC. The van der Waals surface area contributed by atoms with Gasteiger partial charge >= 0.3 is 5.97 Å². The van der Waals surface area contributed by atoms with Crippen molar-refractivity contribution in [3.05, 3.63) is 60.8 Å². The second kappa shape index (κ2) is 38.1. The Morgan fingerprint density at radius 2 is 1.07 bits per heavy atom. The van der Waals surface area contributed by atoms with Crippen molar-refractivity contribution >= 4 is 13.8 Å². The van der Waals surface area contributed by atoms with Crippen molar-refractivity contribution in [2.75, 3.05) is 54.1 Å². The van der Waals surface area contributed by atoms with Gasteiger partial charge in [0, 0.05) is 13.0 Å². The summed E-state index contributed by atoms with van der Waals surface area (Å²) in [5.74, 6) is -0.351. The van der Waals surface area contributed by atoms with E-state index in [0.717, 1.165) is 70.6 Å². The van der Waals surface area contributed by atoms with E-state index in [-0.39, 0.29) is 25.8 Å². The Morgan fingerprint density at radius 1 is 0.593 bits per heavy atom. The average molecular weight is 780 g/mol. The van der Waals surface area contributed by atoms with Crippen LogP contribution in [0.4, 0.5) is 0 Å². The highest BCUT2D eigenvalue weighted by molar-refractivity contribution is 7.45. The number of phosphoric acid groups is 1. The van der Waals surface area contributed by atoms with Crippen LogP contribution in [0.5, 0.6) is 0 Å². The first-order valence-corrected chi connectivity index (χ1v) is 23.0. The molecule has 0 N–H and O–H groups in total. The number of quaternary nitrogens is 1. The van der Waals surface area contributed by atoms with Gasteiger partial charge in [0.1, 0.15) is 19.3 Å². The summed E-state index contributed by atoms with van der Waals surface area (Å²) < 4.78 is 34.5. The van der Waals surface area contributed by atoms with Crippen molar-refractivity contribution in [1.29, 1.82) is 0 Å². The number of unbranched alkanes of at least 4 members (excludes halogenated alkanes) is 15. The summed E-state index contributed by atoms with van der Waals surface area (Å²) >= 11 is 0. The summed E-state index contributed by atoms with van der Waals surface area (Å²) in [6, 6.07) is 0. The van der Waals surface area contributed by atoms with Crippen LogP contribution in [0.15, 0.2) is 60.8 Å². The minimum Gasteiger partial charge on any atom is -0.756 e. The predicted octanol–water partition coefficient (Wildman–Crippen LogP) is 11.9. The van der Waals surface area contributed by atoms with Crippen LogP contribution in [-0.2, 0) is 27.9 Å². The molecule has 0 aromatic rings. The van der Waals surface area contributed by atoms with Gasteiger partial charge < -0.3 is 27.9 Å². The fraction of sp³-hybridized carbons (Fsp3) is 0.756. The zero-order valence-electron chi connectivity index (χ0n) is 35.4. The number of esters is 1. The molecule has 0 heterocycles. The van der Waals surface area contributed by atoms with Gasteiger partial charge in [-0.1, -0.05) is 158 Å². The fourth-order valence-corrected chi connectivity index (χ4v) is 6.24. The summed E-state index contributed by atoms with van der Waals surface area (Å²) in [5.41, 5.74) is 0. The molecule has 9 heteroatoms. The van der Waals surface area contributed by atoms with Crippen LogP contribution in [0, 0.1) is 0 Å². The van der Waals surface area contributed by atoms with E-state index in [9.17, 15) is 14.3 Å². The maximum Gasteiger partial charge on any atom is 0.306 e. The van der Waals surface area contributed by atoms with Gasteiger partial charge in [-0.2, -0.15) is 0 Å².